The quantitative estimate of drug-likeness (QED) is 0.260. The molecular formula is C23H24ClN3O3. The maximum absolute atomic E-state index is 10.8. The Hall–Kier alpha value is -3.09. The minimum atomic E-state index is -0.463. The van der Waals surface area contributed by atoms with E-state index in [9.17, 15) is 10.1 Å². The van der Waals surface area contributed by atoms with Crippen LogP contribution >= 0.6 is 11.6 Å². The fourth-order valence-corrected chi connectivity index (χ4v) is 3.15. The van der Waals surface area contributed by atoms with Crippen LogP contribution in [0.2, 0.25) is 5.02 Å². The van der Waals surface area contributed by atoms with Crippen molar-refractivity contribution >= 4 is 23.0 Å². The molecular weight excluding hydrogens is 402 g/mol. The third-order valence-electron chi connectivity index (χ3n) is 4.58. The van der Waals surface area contributed by atoms with E-state index in [2.05, 4.69) is 41.8 Å². The van der Waals surface area contributed by atoms with Crippen LogP contribution in [-0.4, -0.2) is 18.0 Å². The second-order valence-electron chi connectivity index (χ2n) is 6.91. The van der Waals surface area contributed by atoms with Crippen molar-refractivity contribution in [2.75, 3.05) is 18.4 Å². The summed E-state index contributed by atoms with van der Waals surface area (Å²) < 4.78 is 6.01. The molecule has 0 bridgehead atoms. The molecule has 0 amide bonds. The van der Waals surface area contributed by atoms with Crippen LogP contribution in [-0.2, 0) is 13.2 Å². The van der Waals surface area contributed by atoms with Crippen LogP contribution in [0.25, 0.3) is 0 Å². The van der Waals surface area contributed by atoms with Gasteiger partial charge in [-0.3, -0.25) is 10.1 Å². The molecule has 0 spiro atoms. The van der Waals surface area contributed by atoms with Gasteiger partial charge in [-0.2, -0.15) is 0 Å². The molecule has 3 aromatic carbocycles. The number of benzene rings is 3. The van der Waals surface area contributed by atoms with Crippen molar-refractivity contribution in [1.82, 2.24) is 5.32 Å². The van der Waals surface area contributed by atoms with Crippen LogP contribution in [0.3, 0.4) is 0 Å². The molecule has 0 atom stereocenters. The van der Waals surface area contributed by atoms with Gasteiger partial charge in [-0.25, -0.2) is 0 Å². The van der Waals surface area contributed by atoms with E-state index in [0.717, 1.165) is 16.9 Å². The van der Waals surface area contributed by atoms with Crippen molar-refractivity contribution in [2.24, 2.45) is 0 Å². The zero-order chi connectivity index (χ0) is 21.3. The predicted octanol–water partition coefficient (Wildman–Crippen LogP) is 5.34. The highest BCUT2D eigenvalue weighted by Gasteiger charge is 2.09. The maximum atomic E-state index is 10.8. The van der Waals surface area contributed by atoms with Gasteiger partial charge in [0.1, 0.15) is 12.4 Å². The minimum Gasteiger partial charge on any atom is -0.489 e. The number of non-ortho nitro benzene ring substituents is 1. The first-order valence-electron chi connectivity index (χ1n) is 9.68. The molecule has 0 radical (unpaired) electrons. The molecule has 6 nitrogen and oxygen atoms in total. The molecule has 3 aromatic rings. The average Bonchev–Trinajstić information content (AvgIpc) is 2.74. The Morgan fingerprint density at radius 3 is 2.53 bits per heavy atom. The highest BCUT2D eigenvalue weighted by Crippen LogP contribution is 2.26. The Morgan fingerprint density at radius 1 is 1.03 bits per heavy atom. The largest absolute Gasteiger partial charge is 0.489 e. The van der Waals surface area contributed by atoms with Gasteiger partial charge in [0.05, 0.1) is 15.6 Å². The lowest BCUT2D eigenvalue weighted by atomic mass is 10.1. The molecule has 7 heteroatoms. The summed E-state index contributed by atoms with van der Waals surface area (Å²) in [6.07, 6.45) is 0. The molecule has 0 aliphatic rings. The molecule has 0 aliphatic heterocycles. The number of halogens is 1. The average molecular weight is 426 g/mol. The van der Waals surface area contributed by atoms with Gasteiger partial charge in [-0.1, -0.05) is 59.6 Å². The fourth-order valence-electron chi connectivity index (χ4n) is 2.91. The van der Waals surface area contributed by atoms with Crippen molar-refractivity contribution in [3.8, 4) is 5.75 Å². The molecule has 30 heavy (non-hydrogen) atoms. The lowest BCUT2D eigenvalue weighted by Gasteiger charge is -2.13. The normalized spacial score (nSPS) is 10.6. The Labute approximate surface area is 181 Å². The Bertz CT molecular complexity index is 993. The summed E-state index contributed by atoms with van der Waals surface area (Å²) in [6, 6.07) is 20.7. The predicted molar refractivity (Wildman–Crippen MR) is 120 cm³/mol. The molecule has 2 N–H and O–H groups in total. The van der Waals surface area contributed by atoms with Crippen molar-refractivity contribution < 1.29 is 9.66 Å². The van der Waals surface area contributed by atoms with Crippen LogP contribution in [0.15, 0.2) is 66.7 Å². The van der Waals surface area contributed by atoms with Crippen molar-refractivity contribution in [2.45, 2.75) is 20.1 Å². The van der Waals surface area contributed by atoms with Crippen LogP contribution in [0.4, 0.5) is 11.4 Å². The Kier molecular flexibility index (Phi) is 7.65. The first-order chi connectivity index (χ1) is 14.5. The molecule has 0 aromatic heterocycles. The fraction of sp³-hybridized carbons (Fsp3) is 0.217. The van der Waals surface area contributed by atoms with E-state index in [0.29, 0.717) is 37.0 Å². The summed E-state index contributed by atoms with van der Waals surface area (Å²) in [7, 11) is 0. The third kappa shape index (κ3) is 6.20. The summed E-state index contributed by atoms with van der Waals surface area (Å²) in [6.45, 7) is 4.58. The molecule has 0 fully saturated rings. The number of aryl methyl sites for hydroxylation is 1. The van der Waals surface area contributed by atoms with Gasteiger partial charge in [0, 0.05) is 37.3 Å². The van der Waals surface area contributed by atoms with E-state index in [1.807, 2.05) is 24.3 Å². The number of nitro groups is 1. The van der Waals surface area contributed by atoms with Gasteiger partial charge in [0.25, 0.3) is 5.69 Å². The molecule has 3 rings (SSSR count). The van der Waals surface area contributed by atoms with Gasteiger partial charge in [0.2, 0.25) is 0 Å². The Morgan fingerprint density at radius 2 is 1.80 bits per heavy atom. The van der Waals surface area contributed by atoms with Crippen LogP contribution in [0, 0.1) is 17.0 Å². The van der Waals surface area contributed by atoms with E-state index in [1.165, 1.54) is 17.7 Å². The highest BCUT2D eigenvalue weighted by molar-refractivity contribution is 6.33. The van der Waals surface area contributed by atoms with Crippen molar-refractivity contribution in [3.05, 3.63) is 98.6 Å². The summed E-state index contributed by atoms with van der Waals surface area (Å²) in [4.78, 5) is 10.3. The Balaban J connectivity index is 1.46. The SMILES string of the molecule is Cc1ccc(COc2ccccc2CNCCNc2ccc([N+](=O)[O-])cc2Cl)cc1. The summed E-state index contributed by atoms with van der Waals surface area (Å²) in [5.41, 5.74) is 4.09. The topological polar surface area (TPSA) is 76.4 Å². The van der Waals surface area contributed by atoms with Gasteiger partial charge >= 0.3 is 0 Å². The molecule has 0 aliphatic carbocycles. The van der Waals surface area contributed by atoms with E-state index in [4.69, 9.17) is 16.3 Å². The zero-order valence-corrected chi connectivity index (χ0v) is 17.5. The standard InChI is InChI=1S/C23H24ClN3O3/c1-17-6-8-18(9-7-17)16-30-23-5-3-2-4-19(23)15-25-12-13-26-22-11-10-20(27(28)29)14-21(22)24/h2-11,14,25-26H,12-13,15-16H2,1H3. The lowest BCUT2D eigenvalue weighted by molar-refractivity contribution is -0.384. The van der Waals surface area contributed by atoms with E-state index in [1.54, 1.807) is 6.07 Å². The number of nitro benzene ring substituents is 1. The van der Waals surface area contributed by atoms with Gasteiger partial charge in [-0.15, -0.1) is 0 Å². The number of nitrogens with zero attached hydrogens (tertiary/aromatic N) is 1. The van der Waals surface area contributed by atoms with Crippen LogP contribution in [0.5, 0.6) is 5.75 Å². The van der Waals surface area contributed by atoms with Crippen molar-refractivity contribution in [3.63, 3.8) is 0 Å². The summed E-state index contributed by atoms with van der Waals surface area (Å²) in [5.74, 6) is 0.858. The number of hydrogen-bond donors (Lipinski definition) is 2. The second-order valence-corrected chi connectivity index (χ2v) is 7.31. The number of para-hydroxylation sites is 1. The zero-order valence-electron chi connectivity index (χ0n) is 16.7. The summed E-state index contributed by atoms with van der Waals surface area (Å²) in [5, 5.41) is 17.7. The number of ether oxygens (including phenoxy) is 1. The monoisotopic (exact) mass is 425 g/mol. The van der Waals surface area contributed by atoms with Gasteiger partial charge in [0.15, 0.2) is 0 Å². The van der Waals surface area contributed by atoms with E-state index in [-0.39, 0.29) is 5.69 Å². The number of nitrogens with one attached hydrogen (secondary N) is 2. The first kappa shape index (κ1) is 21.6. The maximum Gasteiger partial charge on any atom is 0.271 e. The first-order valence-corrected chi connectivity index (χ1v) is 10.1. The number of rotatable bonds is 10. The van der Waals surface area contributed by atoms with E-state index >= 15 is 0 Å². The molecule has 0 heterocycles. The van der Waals surface area contributed by atoms with Crippen molar-refractivity contribution in [1.29, 1.82) is 0 Å². The molecule has 0 unspecified atom stereocenters. The van der Waals surface area contributed by atoms with Crippen LogP contribution < -0.4 is 15.4 Å². The van der Waals surface area contributed by atoms with E-state index < -0.39 is 4.92 Å². The molecule has 156 valence electrons. The number of hydrogen-bond acceptors (Lipinski definition) is 5. The molecule has 0 saturated heterocycles. The second kappa shape index (κ2) is 10.6. The number of anilines is 1. The van der Waals surface area contributed by atoms with Crippen LogP contribution in [0.1, 0.15) is 16.7 Å². The van der Waals surface area contributed by atoms with Gasteiger partial charge < -0.3 is 15.4 Å². The lowest BCUT2D eigenvalue weighted by Crippen LogP contribution is -2.22. The summed E-state index contributed by atoms with van der Waals surface area (Å²) >= 11 is 6.09. The van der Waals surface area contributed by atoms with Gasteiger partial charge in [-0.05, 0) is 24.6 Å². The minimum absolute atomic E-state index is 0.0223. The smallest absolute Gasteiger partial charge is 0.271 e. The molecule has 0 saturated carbocycles. The highest BCUT2D eigenvalue weighted by atomic mass is 35.5. The third-order valence-corrected chi connectivity index (χ3v) is 4.90.